The first-order valence-electron chi connectivity index (χ1n) is 5.71. The van der Waals surface area contributed by atoms with Crippen LogP contribution >= 0.6 is 0 Å². The molecular weight excluding hydrogens is 214 g/mol. The van der Waals surface area contributed by atoms with Crippen LogP contribution in [0.25, 0.3) is 10.8 Å². The molecule has 0 amide bonds. The highest BCUT2D eigenvalue weighted by molar-refractivity contribution is 5.88. The van der Waals surface area contributed by atoms with Gasteiger partial charge in [-0.2, -0.15) is 0 Å². The molecule has 0 spiro atoms. The van der Waals surface area contributed by atoms with Crippen molar-refractivity contribution < 1.29 is 9.84 Å². The summed E-state index contributed by atoms with van der Waals surface area (Å²) in [4.78, 5) is 0. The van der Waals surface area contributed by atoms with Crippen LogP contribution in [0.3, 0.4) is 0 Å². The van der Waals surface area contributed by atoms with Crippen LogP contribution in [0.2, 0.25) is 0 Å². The molecule has 2 aromatic rings. The van der Waals surface area contributed by atoms with Crippen molar-refractivity contribution in [3.63, 3.8) is 0 Å². The third kappa shape index (κ3) is 2.25. The van der Waals surface area contributed by atoms with Crippen LogP contribution < -0.4 is 10.5 Å². The Bertz CT molecular complexity index is 511. The Kier molecular flexibility index (Phi) is 3.61. The summed E-state index contributed by atoms with van der Waals surface area (Å²) in [7, 11) is 1.61. The number of hydrogen-bond donors (Lipinski definition) is 2. The molecule has 0 aliphatic carbocycles. The Morgan fingerprint density at radius 2 is 2.00 bits per heavy atom. The van der Waals surface area contributed by atoms with E-state index in [4.69, 9.17) is 10.5 Å². The number of methoxy groups -OCH3 is 1. The second-order valence-electron chi connectivity index (χ2n) is 4.00. The highest BCUT2D eigenvalue weighted by atomic mass is 16.5. The van der Waals surface area contributed by atoms with Crippen LogP contribution in [-0.2, 0) is 0 Å². The third-order valence-electron chi connectivity index (χ3n) is 2.92. The van der Waals surface area contributed by atoms with E-state index in [-0.39, 0.29) is 0 Å². The zero-order valence-electron chi connectivity index (χ0n) is 9.89. The molecule has 1 atom stereocenters. The smallest absolute Gasteiger partial charge is 0.125 e. The molecule has 2 aromatic carbocycles. The topological polar surface area (TPSA) is 55.5 Å². The maximum absolute atomic E-state index is 10.2. The maximum Gasteiger partial charge on any atom is 0.125 e. The minimum atomic E-state index is -0.582. The number of hydrogen-bond acceptors (Lipinski definition) is 3. The van der Waals surface area contributed by atoms with Crippen LogP contribution in [0.4, 0.5) is 0 Å². The highest BCUT2D eigenvalue weighted by Gasteiger charge is 2.15. The van der Waals surface area contributed by atoms with Crippen molar-refractivity contribution in [2.75, 3.05) is 13.7 Å². The van der Waals surface area contributed by atoms with Gasteiger partial charge in [-0.05, 0) is 29.8 Å². The summed E-state index contributed by atoms with van der Waals surface area (Å²) < 4.78 is 5.32. The molecule has 0 fully saturated rings. The Morgan fingerprint density at radius 3 is 2.71 bits per heavy atom. The summed E-state index contributed by atoms with van der Waals surface area (Å²) >= 11 is 0. The van der Waals surface area contributed by atoms with Crippen LogP contribution in [0.1, 0.15) is 18.1 Å². The van der Waals surface area contributed by atoms with Gasteiger partial charge in [-0.25, -0.2) is 0 Å². The van der Waals surface area contributed by atoms with Crippen LogP contribution in [0.5, 0.6) is 5.75 Å². The fourth-order valence-corrected chi connectivity index (χ4v) is 2.10. The third-order valence-corrected chi connectivity index (χ3v) is 2.92. The predicted molar refractivity (Wildman–Crippen MR) is 69.1 cm³/mol. The Labute approximate surface area is 101 Å². The largest absolute Gasteiger partial charge is 0.496 e. The van der Waals surface area contributed by atoms with E-state index in [1.807, 2.05) is 36.4 Å². The SMILES string of the molecule is COc1ccc2ccccc2c1[C@H](O)CCN. The molecule has 2 rings (SSSR count). The molecule has 90 valence electrons. The van der Waals surface area contributed by atoms with Gasteiger partial charge in [-0.15, -0.1) is 0 Å². The summed E-state index contributed by atoms with van der Waals surface area (Å²) in [5, 5.41) is 12.3. The van der Waals surface area contributed by atoms with Crippen molar-refractivity contribution in [2.45, 2.75) is 12.5 Å². The van der Waals surface area contributed by atoms with Crippen LogP contribution in [0.15, 0.2) is 36.4 Å². The molecule has 0 aliphatic heterocycles. The molecule has 0 saturated heterocycles. The van der Waals surface area contributed by atoms with Gasteiger partial charge in [0.25, 0.3) is 0 Å². The van der Waals surface area contributed by atoms with Crippen LogP contribution in [0, 0.1) is 0 Å². The van der Waals surface area contributed by atoms with Gasteiger partial charge in [-0.1, -0.05) is 30.3 Å². The lowest BCUT2D eigenvalue weighted by atomic mass is 9.97. The monoisotopic (exact) mass is 231 g/mol. The molecule has 0 heterocycles. The van der Waals surface area contributed by atoms with E-state index in [9.17, 15) is 5.11 Å². The minimum Gasteiger partial charge on any atom is -0.496 e. The summed E-state index contributed by atoms with van der Waals surface area (Å²) in [5.74, 6) is 0.713. The highest BCUT2D eigenvalue weighted by Crippen LogP contribution is 2.34. The van der Waals surface area contributed by atoms with Gasteiger partial charge in [0, 0.05) is 5.56 Å². The number of aliphatic hydroxyl groups is 1. The molecule has 17 heavy (non-hydrogen) atoms. The molecule has 3 heteroatoms. The number of benzene rings is 2. The van der Waals surface area contributed by atoms with Crippen molar-refractivity contribution in [1.29, 1.82) is 0 Å². The summed E-state index contributed by atoms with van der Waals surface area (Å²) in [6.07, 6.45) is -0.0503. The number of nitrogens with two attached hydrogens (primary N) is 1. The van der Waals surface area contributed by atoms with E-state index < -0.39 is 6.10 Å². The quantitative estimate of drug-likeness (QED) is 0.848. The first-order valence-corrected chi connectivity index (χ1v) is 5.71. The average molecular weight is 231 g/mol. The maximum atomic E-state index is 10.2. The Balaban J connectivity index is 2.62. The van der Waals surface area contributed by atoms with E-state index >= 15 is 0 Å². The summed E-state index contributed by atoms with van der Waals surface area (Å²) in [5.41, 5.74) is 6.33. The van der Waals surface area contributed by atoms with Gasteiger partial charge in [0.2, 0.25) is 0 Å². The molecule has 0 aliphatic rings. The van der Waals surface area contributed by atoms with Crippen molar-refractivity contribution in [3.8, 4) is 5.75 Å². The van der Waals surface area contributed by atoms with Gasteiger partial charge < -0.3 is 15.6 Å². The van der Waals surface area contributed by atoms with Crippen molar-refractivity contribution >= 4 is 10.8 Å². The van der Waals surface area contributed by atoms with Crippen LogP contribution in [-0.4, -0.2) is 18.8 Å². The Morgan fingerprint density at radius 1 is 1.24 bits per heavy atom. The zero-order valence-corrected chi connectivity index (χ0v) is 9.89. The summed E-state index contributed by atoms with van der Waals surface area (Å²) in [6.45, 7) is 0.452. The fraction of sp³-hybridized carbons (Fsp3) is 0.286. The molecule has 0 unspecified atom stereocenters. The molecular formula is C14H17NO2. The van der Waals surface area contributed by atoms with Gasteiger partial charge in [0.1, 0.15) is 5.75 Å². The number of fused-ring (bicyclic) bond motifs is 1. The number of aliphatic hydroxyl groups excluding tert-OH is 1. The van der Waals surface area contributed by atoms with E-state index in [0.29, 0.717) is 18.7 Å². The van der Waals surface area contributed by atoms with Gasteiger partial charge >= 0.3 is 0 Å². The molecule has 0 radical (unpaired) electrons. The molecule has 0 bridgehead atoms. The van der Waals surface area contributed by atoms with Gasteiger partial charge in [0.15, 0.2) is 0 Å². The molecule has 3 N–H and O–H groups in total. The lowest BCUT2D eigenvalue weighted by molar-refractivity contribution is 0.168. The first-order chi connectivity index (χ1) is 8.27. The molecule has 0 aromatic heterocycles. The predicted octanol–water partition coefficient (Wildman–Crippen LogP) is 2.23. The number of rotatable bonds is 4. The first kappa shape index (κ1) is 11.9. The molecule has 0 saturated carbocycles. The standard InChI is InChI=1S/C14H17NO2/c1-17-13-7-6-10-4-2-3-5-11(10)14(13)12(16)8-9-15/h2-7,12,16H,8-9,15H2,1H3/t12-/m1/s1. The summed E-state index contributed by atoms with van der Waals surface area (Å²) in [6, 6.07) is 11.8. The van der Waals surface area contributed by atoms with Crippen molar-refractivity contribution in [2.24, 2.45) is 5.73 Å². The second kappa shape index (κ2) is 5.17. The average Bonchev–Trinajstić information content (AvgIpc) is 2.37. The zero-order chi connectivity index (χ0) is 12.3. The van der Waals surface area contributed by atoms with E-state index in [0.717, 1.165) is 16.3 Å². The van der Waals surface area contributed by atoms with Gasteiger partial charge in [-0.3, -0.25) is 0 Å². The van der Waals surface area contributed by atoms with Gasteiger partial charge in [0.05, 0.1) is 13.2 Å². The fourth-order valence-electron chi connectivity index (χ4n) is 2.10. The van der Waals surface area contributed by atoms with Crippen molar-refractivity contribution in [1.82, 2.24) is 0 Å². The normalized spacial score (nSPS) is 12.6. The number of ether oxygens (including phenoxy) is 1. The van der Waals surface area contributed by atoms with E-state index in [2.05, 4.69) is 0 Å². The lowest BCUT2D eigenvalue weighted by Crippen LogP contribution is -2.08. The molecule has 3 nitrogen and oxygen atoms in total. The lowest BCUT2D eigenvalue weighted by Gasteiger charge is -2.16. The Hall–Kier alpha value is -1.58. The minimum absolute atomic E-state index is 0.452. The van der Waals surface area contributed by atoms with E-state index in [1.165, 1.54) is 0 Å². The second-order valence-corrected chi connectivity index (χ2v) is 4.00. The van der Waals surface area contributed by atoms with E-state index in [1.54, 1.807) is 7.11 Å². The van der Waals surface area contributed by atoms with Crippen molar-refractivity contribution in [3.05, 3.63) is 42.0 Å².